The van der Waals surface area contributed by atoms with Crippen LogP contribution in [0.5, 0.6) is 0 Å². The van der Waals surface area contributed by atoms with Gasteiger partial charge in [0.15, 0.2) is 0 Å². The average Bonchev–Trinajstić information content (AvgIpc) is 2.27. The van der Waals surface area contributed by atoms with Crippen molar-refractivity contribution in [3.8, 4) is 0 Å². The summed E-state index contributed by atoms with van der Waals surface area (Å²) in [5, 5.41) is 3.47. The molecule has 1 aliphatic rings. The van der Waals surface area contributed by atoms with Crippen molar-refractivity contribution in [2.45, 2.75) is 33.6 Å². The maximum Gasteiger partial charge on any atom is 0.0421 e. The fourth-order valence-electron chi connectivity index (χ4n) is 2.42. The second-order valence-corrected chi connectivity index (χ2v) is 5.12. The molecule has 0 atom stereocenters. The summed E-state index contributed by atoms with van der Waals surface area (Å²) < 4.78 is 0. The lowest BCUT2D eigenvalue weighted by atomic mass is 9.84. The van der Waals surface area contributed by atoms with Crippen LogP contribution in [0.1, 0.15) is 44.7 Å². The van der Waals surface area contributed by atoms with Gasteiger partial charge in [0.05, 0.1) is 0 Å². The highest BCUT2D eigenvalue weighted by Crippen LogP contribution is 2.37. The lowest BCUT2D eigenvalue weighted by Gasteiger charge is -2.26. The quantitative estimate of drug-likeness (QED) is 0.776. The first-order chi connectivity index (χ1) is 7.61. The van der Waals surface area contributed by atoms with E-state index in [1.54, 1.807) is 0 Å². The van der Waals surface area contributed by atoms with Crippen LogP contribution in [0.15, 0.2) is 24.3 Å². The summed E-state index contributed by atoms with van der Waals surface area (Å²) >= 11 is 0. The zero-order valence-corrected chi connectivity index (χ0v) is 10.7. The first-order valence-corrected chi connectivity index (χ1v) is 6.18. The van der Waals surface area contributed by atoms with Crippen LogP contribution >= 0.6 is 0 Å². The molecule has 0 spiro atoms. The number of hydrogen-bond donors (Lipinski definition) is 1. The molecule has 0 aromatic heterocycles. The molecular weight excluding hydrogens is 194 g/mol. The summed E-state index contributed by atoms with van der Waals surface area (Å²) in [6.07, 6.45) is 2.33. The minimum absolute atomic E-state index is 0.581. The van der Waals surface area contributed by atoms with Crippen LogP contribution in [-0.4, -0.2) is 6.54 Å². The molecule has 0 unspecified atom stereocenters. The lowest BCUT2D eigenvalue weighted by Crippen LogP contribution is -2.13. The van der Waals surface area contributed by atoms with Gasteiger partial charge in [-0.05, 0) is 29.0 Å². The number of benzene rings is 1. The second kappa shape index (κ2) is 4.32. The number of anilines is 1. The molecule has 0 saturated carbocycles. The van der Waals surface area contributed by atoms with Crippen LogP contribution in [0.3, 0.4) is 0 Å². The molecule has 1 N–H and O–H groups in total. The van der Waals surface area contributed by atoms with Crippen LogP contribution in [0.25, 0.3) is 5.57 Å². The van der Waals surface area contributed by atoms with Gasteiger partial charge in [-0.1, -0.05) is 45.9 Å². The van der Waals surface area contributed by atoms with E-state index in [2.05, 4.69) is 57.3 Å². The molecule has 1 aromatic carbocycles. The summed E-state index contributed by atoms with van der Waals surface area (Å²) in [5.74, 6) is 1.18. The fourth-order valence-corrected chi connectivity index (χ4v) is 2.42. The molecule has 0 amide bonds. The Hall–Kier alpha value is -1.24. The third-order valence-electron chi connectivity index (χ3n) is 3.24. The van der Waals surface area contributed by atoms with Crippen molar-refractivity contribution < 1.29 is 0 Å². The molecule has 0 saturated heterocycles. The van der Waals surface area contributed by atoms with E-state index >= 15 is 0 Å². The van der Waals surface area contributed by atoms with Gasteiger partial charge < -0.3 is 5.32 Å². The molecule has 86 valence electrons. The van der Waals surface area contributed by atoms with E-state index < -0.39 is 0 Å². The Bertz CT molecular complexity index is 413. The van der Waals surface area contributed by atoms with Gasteiger partial charge in [0.25, 0.3) is 0 Å². The van der Waals surface area contributed by atoms with Crippen molar-refractivity contribution in [3.05, 3.63) is 35.4 Å². The molecule has 16 heavy (non-hydrogen) atoms. The van der Waals surface area contributed by atoms with Crippen LogP contribution in [0, 0.1) is 5.92 Å². The maximum atomic E-state index is 3.47. The predicted octanol–water partition coefficient (Wildman–Crippen LogP) is 4.27. The van der Waals surface area contributed by atoms with Crippen LogP contribution < -0.4 is 5.32 Å². The first kappa shape index (κ1) is 11.3. The summed E-state index contributed by atoms with van der Waals surface area (Å²) in [6.45, 7) is 10.0. The Morgan fingerprint density at radius 1 is 1.06 bits per heavy atom. The largest absolute Gasteiger partial charge is 0.381 e. The highest BCUT2D eigenvalue weighted by atomic mass is 14.9. The van der Waals surface area contributed by atoms with Gasteiger partial charge in [0.2, 0.25) is 0 Å². The predicted molar refractivity (Wildman–Crippen MR) is 71.8 cm³/mol. The number of rotatable bonds is 2. The SMILES string of the molecule is CC(C)C1=CCNc2cccc(C(C)C)c21. The Morgan fingerprint density at radius 3 is 2.44 bits per heavy atom. The fraction of sp³-hybridized carbons (Fsp3) is 0.467. The summed E-state index contributed by atoms with van der Waals surface area (Å²) in [5.41, 5.74) is 5.71. The number of nitrogens with one attached hydrogen (secondary N) is 1. The number of fused-ring (bicyclic) bond motifs is 1. The molecule has 0 fully saturated rings. The molecular formula is C15H21N. The van der Waals surface area contributed by atoms with E-state index in [0.717, 1.165) is 6.54 Å². The van der Waals surface area contributed by atoms with Crippen molar-refractivity contribution in [1.29, 1.82) is 0 Å². The monoisotopic (exact) mass is 215 g/mol. The van der Waals surface area contributed by atoms with Crippen LogP contribution in [-0.2, 0) is 0 Å². The van der Waals surface area contributed by atoms with Gasteiger partial charge in [-0.15, -0.1) is 0 Å². The van der Waals surface area contributed by atoms with Gasteiger partial charge in [-0.3, -0.25) is 0 Å². The van der Waals surface area contributed by atoms with E-state index in [4.69, 9.17) is 0 Å². The molecule has 0 aliphatic carbocycles. The van der Waals surface area contributed by atoms with Crippen molar-refractivity contribution >= 4 is 11.3 Å². The Balaban J connectivity index is 2.59. The second-order valence-electron chi connectivity index (χ2n) is 5.12. The topological polar surface area (TPSA) is 12.0 Å². The van der Waals surface area contributed by atoms with Crippen molar-refractivity contribution in [2.24, 2.45) is 5.92 Å². The zero-order chi connectivity index (χ0) is 11.7. The maximum absolute atomic E-state index is 3.47. The van der Waals surface area contributed by atoms with Gasteiger partial charge in [-0.2, -0.15) is 0 Å². The van der Waals surface area contributed by atoms with E-state index in [-0.39, 0.29) is 0 Å². The zero-order valence-electron chi connectivity index (χ0n) is 10.7. The van der Waals surface area contributed by atoms with Gasteiger partial charge in [0, 0.05) is 17.8 Å². The first-order valence-electron chi connectivity index (χ1n) is 6.18. The molecule has 2 rings (SSSR count). The molecule has 1 heterocycles. The lowest BCUT2D eigenvalue weighted by molar-refractivity contribution is 0.825. The Kier molecular flexibility index (Phi) is 3.04. The van der Waals surface area contributed by atoms with Crippen LogP contribution in [0.2, 0.25) is 0 Å². The average molecular weight is 215 g/mol. The van der Waals surface area contributed by atoms with E-state index in [1.807, 2.05) is 0 Å². The summed E-state index contributed by atoms with van der Waals surface area (Å²) in [6, 6.07) is 6.60. The van der Waals surface area contributed by atoms with E-state index in [9.17, 15) is 0 Å². The normalized spacial score (nSPS) is 14.8. The number of allylic oxidation sites excluding steroid dienone is 1. The Morgan fingerprint density at radius 2 is 1.81 bits per heavy atom. The van der Waals surface area contributed by atoms with Gasteiger partial charge >= 0.3 is 0 Å². The van der Waals surface area contributed by atoms with Crippen molar-refractivity contribution in [3.63, 3.8) is 0 Å². The minimum Gasteiger partial charge on any atom is -0.381 e. The Labute approximate surface area is 98.6 Å². The molecule has 1 nitrogen and oxygen atoms in total. The minimum atomic E-state index is 0.581. The number of hydrogen-bond acceptors (Lipinski definition) is 1. The van der Waals surface area contributed by atoms with E-state index in [1.165, 1.54) is 22.4 Å². The van der Waals surface area contributed by atoms with Crippen molar-refractivity contribution in [2.75, 3.05) is 11.9 Å². The third kappa shape index (κ3) is 1.87. The highest BCUT2D eigenvalue weighted by Gasteiger charge is 2.19. The van der Waals surface area contributed by atoms with E-state index in [0.29, 0.717) is 11.8 Å². The molecule has 0 radical (unpaired) electrons. The van der Waals surface area contributed by atoms with Crippen LogP contribution in [0.4, 0.5) is 5.69 Å². The van der Waals surface area contributed by atoms with Crippen molar-refractivity contribution in [1.82, 2.24) is 0 Å². The molecule has 1 heteroatoms. The molecule has 1 aliphatic heterocycles. The van der Waals surface area contributed by atoms with Gasteiger partial charge in [0.1, 0.15) is 0 Å². The molecule has 1 aromatic rings. The summed E-state index contributed by atoms with van der Waals surface area (Å²) in [7, 11) is 0. The standard InChI is InChI=1S/C15H21N/c1-10(2)12-6-5-7-14-15(12)13(11(3)4)8-9-16-14/h5-8,10-11,16H,9H2,1-4H3. The molecule has 0 bridgehead atoms. The summed E-state index contributed by atoms with van der Waals surface area (Å²) in [4.78, 5) is 0. The van der Waals surface area contributed by atoms with Gasteiger partial charge in [-0.25, -0.2) is 0 Å². The third-order valence-corrected chi connectivity index (χ3v) is 3.24. The highest BCUT2D eigenvalue weighted by molar-refractivity contribution is 5.82. The smallest absolute Gasteiger partial charge is 0.0421 e.